The van der Waals surface area contributed by atoms with Crippen LogP contribution < -0.4 is 16.8 Å². The predicted octanol–water partition coefficient (Wildman–Crippen LogP) is 3.07. The second-order valence-corrected chi connectivity index (χ2v) is 6.25. The average molecular weight is 391 g/mol. The number of hydrogen-bond acceptors (Lipinski definition) is 4. The Morgan fingerprint density at radius 2 is 1.75 bits per heavy atom. The van der Waals surface area contributed by atoms with Crippen LogP contribution in [0.1, 0.15) is 31.8 Å². The molecule has 2 amide bonds. The number of aromatic nitrogens is 1. The molecule has 5 N–H and O–H groups in total. The predicted molar refractivity (Wildman–Crippen MR) is 109 cm³/mol. The summed E-state index contributed by atoms with van der Waals surface area (Å²) in [4.78, 5) is 27.5. The smallest absolute Gasteiger partial charge is 0.255 e. The summed E-state index contributed by atoms with van der Waals surface area (Å²) in [5, 5.41) is 3.36. The first kappa shape index (κ1) is 19.0. The number of primary amides is 1. The molecule has 0 saturated carbocycles. The monoisotopic (exact) mass is 390 g/mol. The Kier molecular flexibility index (Phi) is 5.58. The molecule has 0 radical (unpaired) electrons. The first-order chi connectivity index (χ1) is 13.4. The van der Waals surface area contributed by atoms with E-state index in [1.807, 2.05) is 0 Å². The van der Waals surface area contributed by atoms with Gasteiger partial charge < -0.3 is 16.8 Å². The molecule has 0 atom stereocenters. The molecule has 3 aromatic rings. The maximum atomic E-state index is 12.3. The highest BCUT2D eigenvalue weighted by Crippen LogP contribution is 2.15. The molecule has 0 spiro atoms. The van der Waals surface area contributed by atoms with Gasteiger partial charge in [0.05, 0.1) is 11.1 Å². The highest BCUT2D eigenvalue weighted by Gasteiger charge is 2.07. The molecular formula is C21H15ClN4O2. The quantitative estimate of drug-likeness (QED) is 0.596. The fraction of sp³-hybridized carbons (Fsp3) is 0. The van der Waals surface area contributed by atoms with Crippen LogP contribution in [-0.2, 0) is 0 Å². The van der Waals surface area contributed by atoms with Crippen LogP contribution in [0, 0.1) is 11.8 Å². The van der Waals surface area contributed by atoms with Crippen LogP contribution in [-0.4, -0.2) is 16.8 Å². The first-order valence-electron chi connectivity index (χ1n) is 8.17. The van der Waals surface area contributed by atoms with Crippen molar-refractivity contribution in [1.29, 1.82) is 0 Å². The van der Waals surface area contributed by atoms with E-state index in [2.05, 4.69) is 22.1 Å². The van der Waals surface area contributed by atoms with Gasteiger partial charge in [0, 0.05) is 28.0 Å². The molecule has 1 aromatic heterocycles. The third-order valence-corrected chi connectivity index (χ3v) is 4.02. The number of amides is 2. The van der Waals surface area contributed by atoms with Gasteiger partial charge in [-0.3, -0.25) is 9.59 Å². The van der Waals surface area contributed by atoms with Crippen molar-refractivity contribution in [2.24, 2.45) is 5.73 Å². The van der Waals surface area contributed by atoms with Crippen molar-refractivity contribution in [2.75, 3.05) is 11.1 Å². The molecule has 0 unspecified atom stereocenters. The fourth-order valence-electron chi connectivity index (χ4n) is 2.33. The van der Waals surface area contributed by atoms with Crippen molar-refractivity contribution < 1.29 is 9.59 Å². The van der Waals surface area contributed by atoms with E-state index in [4.69, 9.17) is 23.1 Å². The summed E-state index contributed by atoms with van der Waals surface area (Å²) in [6.07, 6.45) is 1.30. The van der Waals surface area contributed by atoms with E-state index in [0.717, 1.165) is 0 Å². The van der Waals surface area contributed by atoms with Gasteiger partial charge in [-0.25, -0.2) is 4.98 Å². The highest BCUT2D eigenvalue weighted by molar-refractivity contribution is 6.30. The van der Waals surface area contributed by atoms with Gasteiger partial charge in [-0.1, -0.05) is 29.5 Å². The zero-order chi connectivity index (χ0) is 20.1. The minimum atomic E-state index is -0.609. The summed E-state index contributed by atoms with van der Waals surface area (Å²) < 4.78 is 0. The summed E-state index contributed by atoms with van der Waals surface area (Å²) in [6.45, 7) is 0. The summed E-state index contributed by atoms with van der Waals surface area (Å²) in [5.74, 6) is 5.14. The fourth-order valence-corrected chi connectivity index (χ4v) is 2.45. The Bertz CT molecular complexity index is 1120. The summed E-state index contributed by atoms with van der Waals surface area (Å²) in [5.41, 5.74) is 13.4. The van der Waals surface area contributed by atoms with Gasteiger partial charge in [-0.15, -0.1) is 0 Å². The maximum absolute atomic E-state index is 12.3. The number of pyridine rings is 1. The average Bonchev–Trinajstić information content (AvgIpc) is 2.68. The van der Waals surface area contributed by atoms with Crippen molar-refractivity contribution >= 4 is 34.9 Å². The molecule has 0 aliphatic rings. The summed E-state index contributed by atoms with van der Waals surface area (Å²) >= 11 is 5.83. The topological polar surface area (TPSA) is 111 Å². The number of carbonyl (C=O) groups is 2. The lowest BCUT2D eigenvalue weighted by molar-refractivity contribution is 0.0997. The zero-order valence-electron chi connectivity index (χ0n) is 14.6. The van der Waals surface area contributed by atoms with Crippen molar-refractivity contribution in [2.45, 2.75) is 0 Å². The molecule has 0 bridgehead atoms. The number of halogens is 1. The Balaban J connectivity index is 1.80. The lowest BCUT2D eigenvalue weighted by Crippen LogP contribution is -2.12. The van der Waals surface area contributed by atoms with Crippen LogP contribution in [0.3, 0.4) is 0 Å². The molecule has 0 aliphatic heterocycles. The molecule has 138 valence electrons. The van der Waals surface area contributed by atoms with E-state index >= 15 is 0 Å². The number of rotatable bonds is 3. The number of carbonyl (C=O) groups excluding carboxylic acids is 2. The molecule has 7 heteroatoms. The van der Waals surface area contributed by atoms with Crippen molar-refractivity contribution in [3.63, 3.8) is 0 Å². The van der Waals surface area contributed by atoms with E-state index in [0.29, 0.717) is 27.4 Å². The Hall–Kier alpha value is -3.82. The standard InChI is InChI=1S/C21H15ClN4O2/c22-17-8-6-14(7-9-17)21(28)26-18-3-1-2-13(10-18)4-5-15-11-16(20(24)27)12-25-19(15)23/h1-3,6-12H,(H2,23,25)(H2,24,27)(H,26,28). The molecule has 0 aliphatic carbocycles. The van der Waals surface area contributed by atoms with Gasteiger partial charge in [0.25, 0.3) is 5.91 Å². The molecule has 1 heterocycles. The minimum absolute atomic E-state index is 0.199. The lowest BCUT2D eigenvalue weighted by Gasteiger charge is -2.06. The number of hydrogen-bond donors (Lipinski definition) is 3. The van der Waals surface area contributed by atoms with Gasteiger partial charge in [0.2, 0.25) is 5.91 Å². The minimum Gasteiger partial charge on any atom is -0.383 e. The van der Waals surface area contributed by atoms with E-state index in [-0.39, 0.29) is 17.3 Å². The highest BCUT2D eigenvalue weighted by atomic mass is 35.5. The van der Waals surface area contributed by atoms with Crippen molar-refractivity contribution in [3.8, 4) is 11.8 Å². The van der Waals surface area contributed by atoms with Gasteiger partial charge in [0.1, 0.15) is 5.82 Å². The number of nitrogens with zero attached hydrogens (tertiary/aromatic N) is 1. The third kappa shape index (κ3) is 4.67. The normalized spacial score (nSPS) is 9.89. The first-order valence-corrected chi connectivity index (χ1v) is 8.54. The number of benzene rings is 2. The number of nitrogens with one attached hydrogen (secondary N) is 1. The molecule has 2 aromatic carbocycles. The molecule has 3 rings (SSSR count). The Morgan fingerprint density at radius 3 is 2.46 bits per heavy atom. The van der Waals surface area contributed by atoms with Crippen LogP contribution in [0.15, 0.2) is 60.8 Å². The summed E-state index contributed by atoms with van der Waals surface area (Å²) in [6, 6.07) is 15.1. The summed E-state index contributed by atoms with van der Waals surface area (Å²) in [7, 11) is 0. The van der Waals surface area contributed by atoms with E-state index in [9.17, 15) is 9.59 Å². The molecule has 28 heavy (non-hydrogen) atoms. The van der Waals surface area contributed by atoms with Crippen LogP contribution in [0.25, 0.3) is 0 Å². The van der Waals surface area contributed by atoms with Gasteiger partial charge in [0.15, 0.2) is 0 Å². The maximum Gasteiger partial charge on any atom is 0.255 e. The number of nitrogen functional groups attached to an aromatic ring is 1. The second kappa shape index (κ2) is 8.25. The lowest BCUT2D eigenvalue weighted by atomic mass is 10.1. The Labute approximate surface area is 166 Å². The van der Waals surface area contributed by atoms with Gasteiger partial charge in [-0.2, -0.15) is 0 Å². The van der Waals surface area contributed by atoms with E-state index in [1.165, 1.54) is 12.3 Å². The van der Waals surface area contributed by atoms with Crippen molar-refractivity contribution in [1.82, 2.24) is 4.98 Å². The van der Waals surface area contributed by atoms with Crippen LogP contribution >= 0.6 is 11.6 Å². The molecular weight excluding hydrogens is 376 g/mol. The largest absolute Gasteiger partial charge is 0.383 e. The van der Waals surface area contributed by atoms with Crippen LogP contribution in [0.5, 0.6) is 0 Å². The molecule has 0 saturated heterocycles. The van der Waals surface area contributed by atoms with Crippen molar-refractivity contribution in [3.05, 3.63) is 88.1 Å². The number of nitrogens with two attached hydrogens (primary N) is 2. The zero-order valence-corrected chi connectivity index (χ0v) is 15.3. The third-order valence-electron chi connectivity index (χ3n) is 3.77. The van der Waals surface area contributed by atoms with Gasteiger partial charge >= 0.3 is 0 Å². The Morgan fingerprint density at radius 1 is 1.00 bits per heavy atom. The van der Waals surface area contributed by atoms with Crippen LogP contribution in [0.2, 0.25) is 5.02 Å². The SMILES string of the molecule is NC(=O)c1cnc(N)c(C#Cc2cccc(NC(=O)c3ccc(Cl)cc3)c2)c1. The second-order valence-electron chi connectivity index (χ2n) is 5.81. The van der Waals surface area contributed by atoms with Gasteiger partial charge in [-0.05, 0) is 48.5 Å². The van der Waals surface area contributed by atoms with E-state index < -0.39 is 5.91 Å². The number of anilines is 2. The molecule has 0 fully saturated rings. The molecule has 6 nitrogen and oxygen atoms in total. The van der Waals surface area contributed by atoms with E-state index in [1.54, 1.807) is 48.5 Å². The van der Waals surface area contributed by atoms with Crippen LogP contribution in [0.4, 0.5) is 11.5 Å².